The summed E-state index contributed by atoms with van der Waals surface area (Å²) in [6.45, 7) is 1.09. The molecular formula is C23H20ClF3N2O3S. The van der Waals surface area contributed by atoms with Crippen molar-refractivity contribution in [1.29, 1.82) is 0 Å². The molecule has 10 heteroatoms. The van der Waals surface area contributed by atoms with Crippen LogP contribution in [-0.2, 0) is 21.7 Å². The summed E-state index contributed by atoms with van der Waals surface area (Å²) < 4.78 is 72.7. The van der Waals surface area contributed by atoms with Gasteiger partial charge in [-0.05, 0) is 79.2 Å². The molecule has 1 fully saturated rings. The highest BCUT2D eigenvalue weighted by Gasteiger charge is 2.39. The Morgan fingerprint density at radius 2 is 1.48 bits per heavy atom. The van der Waals surface area contributed by atoms with Gasteiger partial charge in [0.15, 0.2) is 0 Å². The second-order valence-electron chi connectivity index (χ2n) is 7.72. The Kier molecular flexibility index (Phi) is 6.41. The molecule has 0 aromatic heterocycles. The zero-order valence-electron chi connectivity index (χ0n) is 17.2. The first-order valence-electron chi connectivity index (χ1n) is 10.0. The molecule has 174 valence electrons. The molecule has 1 atom stereocenters. The van der Waals surface area contributed by atoms with E-state index in [1.807, 2.05) is 0 Å². The van der Waals surface area contributed by atoms with Crippen LogP contribution in [0.15, 0.2) is 77.7 Å². The molecule has 0 unspecified atom stereocenters. The highest BCUT2D eigenvalue weighted by Crippen LogP contribution is 2.33. The van der Waals surface area contributed by atoms with Crippen molar-refractivity contribution in [1.82, 2.24) is 10.0 Å². The van der Waals surface area contributed by atoms with Gasteiger partial charge in [0.05, 0.1) is 16.0 Å². The lowest BCUT2D eigenvalue weighted by molar-refractivity contribution is -0.137. The Bertz CT molecular complexity index is 1210. The average Bonchev–Trinajstić information content (AvgIpc) is 3.23. The number of hydrogen-bond donors (Lipinski definition) is 2. The van der Waals surface area contributed by atoms with Crippen LogP contribution in [0.25, 0.3) is 0 Å². The molecule has 4 rings (SSSR count). The Hall–Kier alpha value is -2.59. The lowest BCUT2D eigenvalue weighted by Gasteiger charge is -2.30. The molecule has 1 aliphatic heterocycles. The van der Waals surface area contributed by atoms with Gasteiger partial charge in [0, 0.05) is 11.6 Å². The van der Waals surface area contributed by atoms with E-state index in [4.69, 9.17) is 16.3 Å². The van der Waals surface area contributed by atoms with E-state index in [1.54, 1.807) is 24.3 Å². The molecule has 0 aliphatic carbocycles. The SMILES string of the molecule is O=S(=O)(N[C@@]1(c2ccc(Cl)cc2)CCNC1)c1ccc(Oc2ccc(C(F)(F)F)cc2)cc1. The summed E-state index contributed by atoms with van der Waals surface area (Å²) in [6, 6.07) is 17.0. The summed E-state index contributed by atoms with van der Waals surface area (Å²) in [5.74, 6) is 0.499. The van der Waals surface area contributed by atoms with Gasteiger partial charge in [0.25, 0.3) is 0 Å². The van der Waals surface area contributed by atoms with Crippen molar-refractivity contribution in [3.63, 3.8) is 0 Å². The van der Waals surface area contributed by atoms with Gasteiger partial charge < -0.3 is 10.1 Å². The molecule has 0 saturated carbocycles. The van der Waals surface area contributed by atoms with E-state index >= 15 is 0 Å². The minimum Gasteiger partial charge on any atom is -0.457 e. The van der Waals surface area contributed by atoms with Gasteiger partial charge in [-0.1, -0.05) is 23.7 Å². The largest absolute Gasteiger partial charge is 0.457 e. The third kappa shape index (κ3) is 5.33. The molecule has 0 radical (unpaired) electrons. The van der Waals surface area contributed by atoms with E-state index in [1.165, 1.54) is 36.4 Å². The van der Waals surface area contributed by atoms with Crippen molar-refractivity contribution in [2.24, 2.45) is 0 Å². The maximum Gasteiger partial charge on any atom is 0.416 e. The van der Waals surface area contributed by atoms with Crippen molar-refractivity contribution in [2.75, 3.05) is 13.1 Å². The van der Waals surface area contributed by atoms with Crippen LogP contribution in [0, 0.1) is 0 Å². The summed E-state index contributed by atoms with van der Waals surface area (Å²) in [5, 5.41) is 3.76. The van der Waals surface area contributed by atoms with Crippen molar-refractivity contribution in [3.05, 3.63) is 88.9 Å². The van der Waals surface area contributed by atoms with Crippen molar-refractivity contribution in [3.8, 4) is 11.5 Å². The molecule has 2 N–H and O–H groups in total. The Balaban J connectivity index is 1.51. The van der Waals surface area contributed by atoms with Crippen LogP contribution in [0.4, 0.5) is 13.2 Å². The highest BCUT2D eigenvalue weighted by atomic mass is 35.5. The lowest BCUT2D eigenvalue weighted by atomic mass is 9.90. The van der Waals surface area contributed by atoms with Crippen LogP contribution < -0.4 is 14.8 Å². The number of rotatable bonds is 6. The fourth-order valence-electron chi connectivity index (χ4n) is 3.70. The highest BCUT2D eigenvalue weighted by molar-refractivity contribution is 7.89. The predicted octanol–water partition coefficient (Wildman–Crippen LogP) is 5.32. The first kappa shape index (κ1) is 23.6. The van der Waals surface area contributed by atoms with Gasteiger partial charge in [0.2, 0.25) is 10.0 Å². The summed E-state index contributed by atoms with van der Waals surface area (Å²) in [6.07, 6.45) is -3.86. The fraction of sp³-hybridized carbons (Fsp3) is 0.217. The molecule has 0 spiro atoms. The standard InChI is InChI=1S/C23H20ClF3N2O3S/c24-18-5-1-16(2-6-18)22(13-14-28-15-22)29-33(30,31)21-11-9-20(10-12-21)32-19-7-3-17(4-8-19)23(25,26)27/h1-12,28-29H,13-15H2/t22-/m0/s1. The van der Waals surface area contributed by atoms with E-state index in [2.05, 4.69) is 10.0 Å². The van der Waals surface area contributed by atoms with Crippen LogP contribution in [0.2, 0.25) is 5.02 Å². The lowest BCUT2D eigenvalue weighted by Crippen LogP contribution is -2.47. The summed E-state index contributed by atoms with van der Waals surface area (Å²) in [4.78, 5) is 0.0440. The first-order chi connectivity index (χ1) is 15.6. The fourth-order valence-corrected chi connectivity index (χ4v) is 5.25. The number of alkyl halides is 3. The number of ether oxygens (including phenoxy) is 1. The van der Waals surface area contributed by atoms with Crippen LogP contribution >= 0.6 is 11.6 Å². The molecule has 0 amide bonds. The minimum absolute atomic E-state index is 0.0440. The van der Waals surface area contributed by atoms with Crippen molar-refractivity contribution >= 4 is 21.6 Å². The average molecular weight is 497 g/mol. The van der Waals surface area contributed by atoms with Gasteiger partial charge in [-0.25, -0.2) is 8.42 Å². The molecule has 1 aliphatic rings. The molecule has 1 heterocycles. The van der Waals surface area contributed by atoms with Gasteiger partial charge in [-0.15, -0.1) is 0 Å². The first-order valence-corrected chi connectivity index (χ1v) is 11.9. The van der Waals surface area contributed by atoms with Gasteiger partial charge in [0.1, 0.15) is 11.5 Å². The van der Waals surface area contributed by atoms with Crippen LogP contribution in [-0.4, -0.2) is 21.5 Å². The molecular weight excluding hydrogens is 477 g/mol. The van der Waals surface area contributed by atoms with E-state index in [9.17, 15) is 21.6 Å². The third-order valence-corrected chi connectivity index (χ3v) is 7.24. The monoisotopic (exact) mass is 496 g/mol. The number of benzene rings is 3. The summed E-state index contributed by atoms with van der Waals surface area (Å²) >= 11 is 5.98. The zero-order chi connectivity index (χ0) is 23.7. The quantitative estimate of drug-likeness (QED) is 0.485. The molecule has 0 bridgehead atoms. The van der Waals surface area contributed by atoms with Crippen molar-refractivity contribution in [2.45, 2.75) is 23.0 Å². The number of halogens is 4. The molecule has 5 nitrogen and oxygen atoms in total. The van der Waals surface area contributed by atoms with Crippen LogP contribution in [0.1, 0.15) is 17.5 Å². The van der Waals surface area contributed by atoms with E-state index in [0.717, 1.165) is 17.7 Å². The topological polar surface area (TPSA) is 67.4 Å². The smallest absolute Gasteiger partial charge is 0.416 e. The van der Waals surface area contributed by atoms with E-state index in [0.29, 0.717) is 30.3 Å². The summed E-state index contributed by atoms with van der Waals surface area (Å²) in [5.41, 5.74) is -0.778. The molecule has 3 aromatic rings. The predicted molar refractivity (Wildman–Crippen MR) is 119 cm³/mol. The maximum absolute atomic E-state index is 13.1. The number of sulfonamides is 1. The molecule has 1 saturated heterocycles. The summed E-state index contributed by atoms with van der Waals surface area (Å²) in [7, 11) is -3.88. The van der Waals surface area contributed by atoms with Gasteiger partial charge in [-0.2, -0.15) is 17.9 Å². The van der Waals surface area contributed by atoms with E-state index in [-0.39, 0.29) is 10.6 Å². The van der Waals surface area contributed by atoms with Crippen LogP contribution in [0.3, 0.4) is 0 Å². The third-order valence-electron chi connectivity index (χ3n) is 5.43. The number of nitrogens with one attached hydrogen (secondary N) is 2. The Morgan fingerprint density at radius 1 is 0.909 bits per heavy atom. The normalized spacial score (nSPS) is 18.9. The second-order valence-corrected chi connectivity index (χ2v) is 9.84. The van der Waals surface area contributed by atoms with Crippen molar-refractivity contribution < 1.29 is 26.3 Å². The van der Waals surface area contributed by atoms with Gasteiger partial charge in [-0.3, -0.25) is 0 Å². The number of hydrogen-bond acceptors (Lipinski definition) is 4. The zero-order valence-corrected chi connectivity index (χ0v) is 18.8. The minimum atomic E-state index is -4.43. The second kappa shape index (κ2) is 8.98. The maximum atomic E-state index is 13.1. The van der Waals surface area contributed by atoms with E-state index < -0.39 is 27.3 Å². The van der Waals surface area contributed by atoms with Gasteiger partial charge >= 0.3 is 6.18 Å². The van der Waals surface area contributed by atoms with Crippen LogP contribution in [0.5, 0.6) is 11.5 Å². The molecule has 33 heavy (non-hydrogen) atoms. The molecule has 3 aromatic carbocycles. The Morgan fingerprint density at radius 3 is 2.00 bits per heavy atom. The Labute approximate surface area is 194 Å².